The van der Waals surface area contributed by atoms with E-state index < -0.39 is 0 Å². The van der Waals surface area contributed by atoms with Crippen LogP contribution >= 0.6 is 0 Å². The molecule has 1 N–H and O–H groups in total. The summed E-state index contributed by atoms with van der Waals surface area (Å²) in [5.74, 6) is 1.14. The van der Waals surface area contributed by atoms with E-state index in [1.807, 2.05) is 39.0 Å². The van der Waals surface area contributed by atoms with E-state index in [9.17, 15) is 4.79 Å². The molecule has 2 rings (SSSR count). The fraction of sp³-hybridized carbons (Fsp3) is 0.647. The minimum Gasteiger partial charge on any atom is -0.357 e. The lowest BCUT2D eigenvalue weighted by Gasteiger charge is -2.36. The van der Waals surface area contributed by atoms with Crippen molar-refractivity contribution in [1.29, 1.82) is 0 Å². The number of nitrogens with zero attached hydrogens (tertiary/aromatic N) is 5. The minimum atomic E-state index is 0.192. The quantitative estimate of drug-likeness (QED) is 0.617. The first-order valence-electron chi connectivity index (χ1n) is 8.48. The molecule has 0 atom stereocenters. The van der Waals surface area contributed by atoms with Crippen molar-refractivity contribution >= 4 is 11.9 Å². The molecule has 1 aromatic heterocycles. The number of piperazine rings is 1. The van der Waals surface area contributed by atoms with Crippen molar-refractivity contribution in [2.75, 3.05) is 53.9 Å². The number of carbonyl (C=O) groups is 1. The Balaban J connectivity index is 1.74. The molecule has 0 unspecified atom stereocenters. The van der Waals surface area contributed by atoms with Crippen LogP contribution < -0.4 is 5.32 Å². The van der Waals surface area contributed by atoms with Gasteiger partial charge in [0.25, 0.3) is 0 Å². The van der Waals surface area contributed by atoms with Crippen LogP contribution in [0.2, 0.25) is 0 Å². The molecule has 0 aliphatic carbocycles. The second kappa shape index (κ2) is 8.73. The van der Waals surface area contributed by atoms with Gasteiger partial charge in [0.2, 0.25) is 5.91 Å². The molecule has 1 aromatic rings. The lowest BCUT2D eigenvalue weighted by Crippen LogP contribution is -2.52. The van der Waals surface area contributed by atoms with Crippen molar-refractivity contribution in [2.24, 2.45) is 12.0 Å². The second-order valence-corrected chi connectivity index (χ2v) is 6.45. The molecule has 1 saturated heterocycles. The van der Waals surface area contributed by atoms with Gasteiger partial charge in [-0.1, -0.05) is 0 Å². The highest BCUT2D eigenvalue weighted by Gasteiger charge is 2.20. The number of hydrogen-bond acceptors (Lipinski definition) is 3. The molecule has 2 heterocycles. The molecule has 0 spiro atoms. The van der Waals surface area contributed by atoms with Crippen LogP contribution in [0.1, 0.15) is 12.0 Å². The van der Waals surface area contributed by atoms with E-state index in [0.29, 0.717) is 6.42 Å². The van der Waals surface area contributed by atoms with Gasteiger partial charge in [-0.2, -0.15) is 0 Å². The Morgan fingerprint density at radius 2 is 2.00 bits per heavy atom. The molecule has 1 aliphatic heterocycles. The van der Waals surface area contributed by atoms with E-state index in [1.165, 1.54) is 5.56 Å². The first kappa shape index (κ1) is 18.3. The molecular formula is C17H30N6O. The molecule has 1 fully saturated rings. The minimum absolute atomic E-state index is 0.192. The van der Waals surface area contributed by atoms with Gasteiger partial charge >= 0.3 is 0 Å². The number of hydrogen-bond donors (Lipinski definition) is 1. The van der Waals surface area contributed by atoms with Gasteiger partial charge < -0.3 is 19.7 Å². The van der Waals surface area contributed by atoms with E-state index >= 15 is 0 Å². The Hall–Kier alpha value is -2.02. The Kier molecular flexibility index (Phi) is 6.66. The molecule has 24 heavy (non-hydrogen) atoms. The summed E-state index contributed by atoms with van der Waals surface area (Å²) in [6.45, 7) is 5.42. The smallest absolute Gasteiger partial charge is 0.223 e. The topological polar surface area (TPSA) is 56.1 Å². The summed E-state index contributed by atoms with van der Waals surface area (Å²) in [5.41, 5.74) is 1.25. The van der Waals surface area contributed by atoms with Gasteiger partial charge in [-0.05, 0) is 11.6 Å². The molecule has 0 radical (unpaired) electrons. The van der Waals surface area contributed by atoms with Crippen molar-refractivity contribution in [3.8, 4) is 0 Å². The third-order valence-electron chi connectivity index (χ3n) is 4.37. The molecule has 0 aromatic carbocycles. The molecule has 1 amide bonds. The zero-order valence-corrected chi connectivity index (χ0v) is 15.3. The number of aliphatic imine (C=N–C) groups is 1. The summed E-state index contributed by atoms with van der Waals surface area (Å²) >= 11 is 0. The van der Waals surface area contributed by atoms with Crippen LogP contribution in [0.5, 0.6) is 0 Å². The summed E-state index contributed by atoms with van der Waals surface area (Å²) in [4.78, 5) is 22.4. The van der Waals surface area contributed by atoms with E-state index in [4.69, 9.17) is 0 Å². The largest absolute Gasteiger partial charge is 0.357 e. The zero-order chi connectivity index (χ0) is 17.5. The van der Waals surface area contributed by atoms with Gasteiger partial charge in [-0.25, -0.2) is 0 Å². The molecule has 0 saturated carbocycles. The van der Waals surface area contributed by atoms with Gasteiger partial charge in [0, 0.05) is 86.3 Å². The lowest BCUT2D eigenvalue weighted by atomic mass is 10.3. The maximum absolute atomic E-state index is 11.7. The van der Waals surface area contributed by atoms with Crippen molar-refractivity contribution in [1.82, 2.24) is 24.6 Å². The number of nitrogens with one attached hydrogen (secondary N) is 1. The predicted octanol–water partition coefficient (Wildman–Crippen LogP) is 0.196. The molecule has 7 nitrogen and oxygen atoms in total. The average molecular weight is 334 g/mol. The maximum atomic E-state index is 11.7. The molecule has 134 valence electrons. The van der Waals surface area contributed by atoms with Gasteiger partial charge in [0.15, 0.2) is 5.96 Å². The highest BCUT2D eigenvalue weighted by molar-refractivity contribution is 5.80. The number of aryl methyl sites for hydroxylation is 1. The van der Waals surface area contributed by atoms with Gasteiger partial charge in [-0.15, -0.1) is 0 Å². The normalized spacial score (nSPS) is 16.3. The molecular weight excluding hydrogens is 304 g/mol. The number of aromatic nitrogens is 1. The first-order valence-corrected chi connectivity index (χ1v) is 8.48. The van der Waals surface area contributed by atoms with E-state index in [-0.39, 0.29) is 5.91 Å². The van der Waals surface area contributed by atoms with E-state index in [1.54, 1.807) is 4.90 Å². The highest BCUT2D eigenvalue weighted by Crippen LogP contribution is 2.05. The zero-order valence-electron chi connectivity index (χ0n) is 15.3. The van der Waals surface area contributed by atoms with Gasteiger partial charge in [0.05, 0.1) is 0 Å². The number of guanidine groups is 1. The Bertz CT molecular complexity index is 557. The van der Waals surface area contributed by atoms with Crippen LogP contribution in [0.4, 0.5) is 0 Å². The number of carbonyl (C=O) groups excluding carboxylic acids is 1. The first-order chi connectivity index (χ1) is 11.5. The SMILES string of the molecule is CN=C(NCc1ccn(C)c1)N1CCN(CCC(=O)N(C)C)CC1. The number of amides is 1. The van der Waals surface area contributed by atoms with Crippen molar-refractivity contribution in [3.05, 3.63) is 24.0 Å². The van der Waals surface area contributed by atoms with Crippen LogP contribution in [0.15, 0.2) is 23.5 Å². The standard InChI is InChI=1S/C17H30N6O/c1-18-17(19-13-15-5-7-21(4)14-15)23-11-9-22(10-12-23)8-6-16(24)20(2)3/h5,7,14H,6,8-13H2,1-4H3,(H,18,19). The van der Waals surface area contributed by atoms with Gasteiger partial charge in [-0.3, -0.25) is 14.7 Å². The fourth-order valence-electron chi connectivity index (χ4n) is 2.84. The average Bonchev–Trinajstić information content (AvgIpc) is 2.99. The summed E-state index contributed by atoms with van der Waals surface area (Å²) in [7, 11) is 7.47. The van der Waals surface area contributed by atoms with Crippen LogP contribution in [0.25, 0.3) is 0 Å². The monoisotopic (exact) mass is 334 g/mol. The Morgan fingerprint density at radius 1 is 1.29 bits per heavy atom. The second-order valence-electron chi connectivity index (χ2n) is 6.45. The summed E-state index contributed by atoms with van der Waals surface area (Å²) < 4.78 is 2.05. The van der Waals surface area contributed by atoms with Crippen LogP contribution in [-0.4, -0.2) is 85.0 Å². The molecule has 0 bridgehead atoms. The van der Waals surface area contributed by atoms with Crippen LogP contribution in [0.3, 0.4) is 0 Å². The summed E-state index contributed by atoms with van der Waals surface area (Å²) in [5, 5.41) is 3.43. The Labute approximate surface area is 144 Å². The molecule has 1 aliphatic rings. The summed E-state index contributed by atoms with van der Waals surface area (Å²) in [6.07, 6.45) is 4.75. The van der Waals surface area contributed by atoms with Crippen LogP contribution in [-0.2, 0) is 18.4 Å². The number of rotatable bonds is 5. The van der Waals surface area contributed by atoms with Crippen molar-refractivity contribution in [2.45, 2.75) is 13.0 Å². The highest BCUT2D eigenvalue weighted by atomic mass is 16.2. The van der Waals surface area contributed by atoms with Crippen LogP contribution in [0, 0.1) is 0 Å². The van der Waals surface area contributed by atoms with E-state index in [2.05, 4.69) is 32.4 Å². The maximum Gasteiger partial charge on any atom is 0.223 e. The fourth-order valence-corrected chi connectivity index (χ4v) is 2.84. The summed E-state index contributed by atoms with van der Waals surface area (Å²) in [6, 6.07) is 2.11. The third kappa shape index (κ3) is 5.26. The predicted molar refractivity (Wildman–Crippen MR) is 96.9 cm³/mol. The van der Waals surface area contributed by atoms with Gasteiger partial charge in [0.1, 0.15) is 0 Å². The third-order valence-corrected chi connectivity index (χ3v) is 4.37. The molecule has 7 heteroatoms. The van der Waals surface area contributed by atoms with Crippen molar-refractivity contribution in [3.63, 3.8) is 0 Å². The lowest BCUT2D eigenvalue weighted by molar-refractivity contribution is -0.129. The van der Waals surface area contributed by atoms with E-state index in [0.717, 1.165) is 45.2 Å². The Morgan fingerprint density at radius 3 is 2.54 bits per heavy atom. The van der Waals surface area contributed by atoms with Crippen molar-refractivity contribution < 1.29 is 4.79 Å².